The average Bonchev–Trinajstić information content (AvgIpc) is 3.32. The number of hydrogen-bond donors (Lipinski definition) is 4. The van der Waals surface area contributed by atoms with Crippen LogP contribution in [0.5, 0.6) is 0 Å². The molecule has 4 aromatic rings. The first-order chi connectivity index (χ1) is 16.3. The lowest BCUT2D eigenvalue weighted by Gasteiger charge is -2.32. The number of aromatic nitrogens is 3. The summed E-state index contributed by atoms with van der Waals surface area (Å²) >= 11 is 5.94. The van der Waals surface area contributed by atoms with Gasteiger partial charge in [0.25, 0.3) is 5.91 Å². The van der Waals surface area contributed by atoms with Gasteiger partial charge in [-0.1, -0.05) is 35.9 Å². The molecule has 0 radical (unpaired) electrons. The third-order valence-corrected chi connectivity index (χ3v) is 5.85. The van der Waals surface area contributed by atoms with Crippen molar-refractivity contribution in [1.82, 2.24) is 20.5 Å². The van der Waals surface area contributed by atoms with Gasteiger partial charge in [0.05, 0.1) is 40.9 Å². The molecule has 2 heterocycles. The largest absolute Gasteiger partial charge is 0.394 e. The van der Waals surface area contributed by atoms with E-state index in [9.17, 15) is 19.4 Å². The van der Waals surface area contributed by atoms with Crippen LogP contribution in [0, 0.1) is 5.82 Å². The van der Waals surface area contributed by atoms with Gasteiger partial charge in [-0.05, 0) is 55.0 Å². The summed E-state index contributed by atoms with van der Waals surface area (Å²) in [6, 6.07) is 16.6. The molecule has 0 fully saturated rings. The summed E-state index contributed by atoms with van der Waals surface area (Å²) in [6.07, 6.45) is 1.50. The Hall–Kier alpha value is -3.59. The molecule has 2 aromatic carbocycles. The molecule has 9 heteroatoms. The van der Waals surface area contributed by atoms with Gasteiger partial charge in [0.15, 0.2) is 0 Å². The summed E-state index contributed by atoms with van der Waals surface area (Å²) < 4.78 is 14.9. The standard InChI is InChI=1S/C25H22ClFN4O3/c1-25(34,21-7-2-3-12-28-21)22(14-32)29-24(33)17-5-4-6-18(27)23(17)20-13-19(30-31-20)15-8-10-16(26)11-9-15/h2-13,22,32,34H,14H2,1H3,(H,29,33)(H,30,31)/t22-,25?/m0/s1. The molecule has 0 bridgehead atoms. The Morgan fingerprint density at radius 2 is 1.94 bits per heavy atom. The second-order valence-electron chi connectivity index (χ2n) is 7.91. The highest BCUT2D eigenvalue weighted by atomic mass is 35.5. The van der Waals surface area contributed by atoms with E-state index in [1.807, 2.05) is 0 Å². The SMILES string of the molecule is CC(O)(c1ccccn1)[C@H](CO)NC(=O)c1cccc(F)c1-c1cc(-c2ccc(Cl)cc2)[nH]n1. The molecule has 1 unspecified atom stereocenters. The molecule has 4 N–H and O–H groups in total. The Bertz CT molecular complexity index is 1290. The lowest BCUT2D eigenvalue weighted by atomic mass is 9.92. The molecular weight excluding hydrogens is 459 g/mol. The summed E-state index contributed by atoms with van der Waals surface area (Å²) in [4.78, 5) is 17.3. The third-order valence-electron chi connectivity index (χ3n) is 5.60. The molecule has 0 spiro atoms. The molecule has 34 heavy (non-hydrogen) atoms. The van der Waals surface area contributed by atoms with Gasteiger partial charge in [0, 0.05) is 11.2 Å². The number of nitrogens with zero attached hydrogens (tertiary/aromatic N) is 2. The normalized spacial score (nSPS) is 13.8. The summed E-state index contributed by atoms with van der Waals surface area (Å²) in [7, 11) is 0. The van der Waals surface area contributed by atoms with Crippen molar-refractivity contribution in [3.8, 4) is 22.5 Å². The maximum absolute atomic E-state index is 14.9. The predicted octanol–water partition coefficient (Wildman–Crippen LogP) is 3.93. The van der Waals surface area contributed by atoms with E-state index in [0.29, 0.717) is 10.7 Å². The predicted molar refractivity (Wildman–Crippen MR) is 127 cm³/mol. The number of amides is 1. The molecule has 174 valence electrons. The molecule has 2 atom stereocenters. The van der Waals surface area contributed by atoms with Crippen LogP contribution in [0.1, 0.15) is 23.0 Å². The van der Waals surface area contributed by atoms with Crippen LogP contribution in [0.3, 0.4) is 0 Å². The summed E-state index contributed by atoms with van der Waals surface area (Å²) in [5.41, 5.74) is 0.228. The quantitative estimate of drug-likeness (QED) is 0.320. The van der Waals surface area contributed by atoms with Crippen molar-refractivity contribution >= 4 is 17.5 Å². The maximum Gasteiger partial charge on any atom is 0.252 e. The number of aliphatic hydroxyl groups excluding tert-OH is 1. The average molecular weight is 481 g/mol. The van der Waals surface area contributed by atoms with E-state index in [1.165, 1.54) is 31.3 Å². The van der Waals surface area contributed by atoms with Gasteiger partial charge in [-0.15, -0.1) is 0 Å². The maximum atomic E-state index is 14.9. The highest BCUT2D eigenvalue weighted by Crippen LogP contribution is 2.30. The van der Waals surface area contributed by atoms with Crippen LogP contribution in [-0.2, 0) is 5.60 Å². The molecule has 7 nitrogen and oxygen atoms in total. The van der Waals surface area contributed by atoms with Gasteiger partial charge in [-0.25, -0.2) is 4.39 Å². The van der Waals surface area contributed by atoms with E-state index < -0.39 is 30.0 Å². The molecule has 2 aromatic heterocycles. The zero-order chi connectivity index (χ0) is 24.3. The first-order valence-corrected chi connectivity index (χ1v) is 10.8. The summed E-state index contributed by atoms with van der Waals surface area (Å²) in [6.45, 7) is 0.873. The molecule has 4 rings (SSSR count). The number of aromatic amines is 1. The lowest BCUT2D eigenvalue weighted by Crippen LogP contribution is -2.51. The van der Waals surface area contributed by atoms with E-state index in [-0.39, 0.29) is 22.5 Å². The Labute approximate surface area is 200 Å². The number of hydrogen-bond acceptors (Lipinski definition) is 5. The number of aliphatic hydroxyl groups is 2. The molecule has 0 aliphatic rings. The van der Waals surface area contributed by atoms with Gasteiger partial charge < -0.3 is 15.5 Å². The van der Waals surface area contributed by atoms with Crippen molar-refractivity contribution in [2.75, 3.05) is 6.61 Å². The minimum atomic E-state index is -1.67. The number of rotatable bonds is 7. The molecule has 0 saturated heterocycles. The molecule has 0 aliphatic heterocycles. The highest BCUT2D eigenvalue weighted by Gasteiger charge is 2.36. The Morgan fingerprint density at radius 3 is 2.62 bits per heavy atom. The fourth-order valence-electron chi connectivity index (χ4n) is 3.64. The van der Waals surface area contributed by atoms with Gasteiger partial charge in [-0.2, -0.15) is 5.10 Å². The number of nitrogens with one attached hydrogen (secondary N) is 2. The second-order valence-corrected chi connectivity index (χ2v) is 8.34. The first kappa shape index (κ1) is 23.6. The van der Waals surface area contributed by atoms with Crippen molar-refractivity contribution in [2.24, 2.45) is 0 Å². The first-order valence-electron chi connectivity index (χ1n) is 10.5. The molecule has 0 saturated carbocycles. The van der Waals surface area contributed by atoms with Crippen molar-refractivity contribution in [3.63, 3.8) is 0 Å². The van der Waals surface area contributed by atoms with Gasteiger partial charge >= 0.3 is 0 Å². The fraction of sp³-hybridized carbons (Fsp3) is 0.160. The van der Waals surface area contributed by atoms with Crippen LogP contribution >= 0.6 is 11.6 Å². The van der Waals surface area contributed by atoms with Gasteiger partial charge in [0.2, 0.25) is 0 Å². The van der Waals surface area contributed by atoms with E-state index in [4.69, 9.17) is 11.6 Å². The van der Waals surface area contributed by atoms with E-state index >= 15 is 0 Å². The number of benzene rings is 2. The van der Waals surface area contributed by atoms with Crippen molar-refractivity contribution in [1.29, 1.82) is 0 Å². The van der Waals surface area contributed by atoms with Crippen LogP contribution in [0.2, 0.25) is 5.02 Å². The van der Waals surface area contributed by atoms with Crippen LogP contribution in [0.15, 0.2) is 72.9 Å². The van der Waals surface area contributed by atoms with Crippen LogP contribution in [0.25, 0.3) is 22.5 Å². The molecule has 0 aliphatic carbocycles. The van der Waals surface area contributed by atoms with E-state index in [1.54, 1.807) is 48.5 Å². The van der Waals surface area contributed by atoms with Crippen LogP contribution in [-0.4, -0.2) is 44.0 Å². The van der Waals surface area contributed by atoms with Crippen molar-refractivity contribution in [3.05, 3.63) is 95.0 Å². The second kappa shape index (κ2) is 9.72. The smallest absolute Gasteiger partial charge is 0.252 e. The van der Waals surface area contributed by atoms with Crippen LogP contribution in [0.4, 0.5) is 4.39 Å². The van der Waals surface area contributed by atoms with E-state index in [0.717, 1.165) is 5.56 Å². The summed E-state index contributed by atoms with van der Waals surface area (Å²) in [5, 5.41) is 31.1. The number of carbonyl (C=O) groups excluding carboxylic acids is 1. The fourth-order valence-corrected chi connectivity index (χ4v) is 3.77. The number of H-pyrrole nitrogens is 1. The Kier molecular flexibility index (Phi) is 6.74. The topological polar surface area (TPSA) is 111 Å². The van der Waals surface area contributed by atoms with Crippen molar-refractivity contribution < 1.29 is 19.4 Å². The third kappa shape index (κ3) is 4.70. The van der Waals surface area contributed by atoms with Gasteiger partial charge in [0.1, 0.15) is 11.4 Å². The summed E-state index contributed by atoms with van der Waals surface area (Å²) in [5.74, 6) is -1.32. The Morgan fingerprint density at radius 1 is 1.18 bits per heavy atom. The van der Waals surface area contributed by atoms with E-state index in [2.05, 4.69) is 20.5 Å². The number of carbonyl (C=O) groups is 1. The highest BCUT2D eigenvalue weighted by molar-refractivity contribution is 6.30. The van der Waals surface area contributed by atoms with Crippen LogP contribution < -0.4 is 5.32 Å². The zero-order valence-electron chi connectivity index (χ0n) is 18.2. The van der Waals surface area contributed by atoms with Gasteiger partial charge in [-0.3, -0.25) is 14.9 Å². The zero-order valence-corrected chi connectivity index (χ0v) is 18.9. The van der Waals surface area contributed by atoms with Crippen molar-refractivity contribution in [2.45, 2.75) is 18.6 Å². The minimum Gasteiger partial charge on any atom is -0.394 e. The minimum absolute atomic E-state index is 0.00410. The molecule has 1 amide bonds. The Balaban J connectivity index is 1.65. The molecular formula is C25H22ClFN4O3. The number of pyridine rings is 1. The lowest BCUT2D eigenvalue weighted by molar-refractivity contribution is -0.00809. The number of halogens is 2. The monoisotopic (exact) mass is 480 g/mol.